The number of rotatable bonds is 1. The minimum Gasteiger partial charge on any atom is -0.451 e. The highest BCUT2D eigenvalue weighted by Gasteiger charge is 2.38. The van der Waals surface area contributed by atoms with Crippen LogP contribution in [0.4, 0.5) is 4.79 Å². The van der Waals surface area contributed by atoms with Crippen LogP contribution in [0.5, 0.6) is 0 Å². The number of hydrogen-bond acceptors (Lipinski definition) is 5. The molecule has 1 N–H and O–H groups in total. The smallest absolute Gasteiger partial charge is 0.441 e. The SMILES string of the molecule is COC(=O)N1OCC(NC(C)=O)C1=O. The van der Waals surface area contributed by atoms with Gasteiger partial charge in [-0.1, -0.05) is 0 Å². The average Bonchev–Trinajstić information content (AvgIpc) is 2.46. The summed E-state index contributed by atoms with van der Waals surface area (Å²) in [6, 6.07) is -0.813. The van der Waals surface area contributed by atoms with Crippen molar-refractivity contribution in [2.24, 2.45) is 0 Å². The standard InChI is InChI=1S/C7H10N2O5/c1-4(10)8-5-3-14-9(6(5)11)7(12)13-2/h5H,3H2,1-2H3,(H,8,10). The van der Waals surface area contributed by atoms with E-state index in [-0.39, 0.29) is 12.5 Å². The van der Waals surface area contributed by atoms with E-state index < -0.39 is 18.0 Å². The Labute approximate surface area is 79.9 Å². The van der Waals surface area contributed by atoms with Crippen molar-refractivity contribution in [1.82, 2.24) is 10.4 Å². The van der Waals surface area contributed by atoms with Gasteiger partial charge in [0.1, 0.15) is 12.6 Å². The summed E-state index contributed by atoms with van der Waals surface area (Å²) in [7, 11) is 1.13. The summed E-state index contributed by atoms with van der Waals surface area (Å²) >= 11 is 0. The minimum absolute atomic E-state index is 0.0620. The van der Waals surface area contributed by atoms with Crippen molar-refractivity contribution >= 4 is 17.9 Å². The molecule has 1 saturated heterocycles. The number of nitrogens with zero attached hydrogens (tertiary/aromatic N) is 1. The maximum atomic E-state index is 11.3. The van der Waals surface area contributed by atoms with Crippen LogP contribution < -0.4 is 5.32 Å². The normalized spacial score (nSPS) is 20.9. The Hall–Kier alpha value is -1.63. The van der Waals surface area contributed by atoms with Crippen molar-refractivity contribution < 1.29 is 24.0 Å². The first-order valence-electron chi connectivity index (χ1n) is 3.88. The van der Waals surface area contributed by atoms with Gasteiger partial charge in [-0.25, -0.2) is 4.79 Å². The van der Waals surface area contributed by atoms with Gasteiger partial charge in [-0.05, 0) is 0 Å². The van der Waals surface area contributed by atoms with Crippen molar-refractivity contribution in [3.8, 4) is 0 Å². The highest BCUT2D eigenvalue weighted by atomic mass is 16.7. The molecule has 1 fully saturated rings. The summed E-state index contributed by atoms with van der Waals surface area (Å²) in [5.74, 6) is -0.995. The lowest BCUT2D eigenvalue weighted by Crippen LogP contribution is -2.43. The zero-order chi connectivity index (χ0) is 10.7. The van der Waals surface area contributed by atoms with Crippen molar-refractivity contribution in [2.75, 3.05) is 13.7 Å². The number of carbonyl (C=O) groups excluding carboxylic acids is 3. The molecular formula is C7H10N2O5. The lowest BCUT2D eigenvalue weighted by molar-refractivity contribution is -0.152. The number of hydrogen-bond donors (Lipinski definition) is 1. The molecule has 1 rings (SSSR count). The number of imide groups is 1. The molecule has 14 heavy (non-hydrogen) atoms. The fraction of sp³-hybridized carbons (Fsp3) is 0.571. The lowest BCUT2D eigenvalue weighted by atomic mass is 10.3. The lowest BCUT2D eigenvalue weighted by Gasteiger charge is -2.10. The second-order valence-electron chi connectivity index (χ2n) is 2.65. The molecule has 0 radical (unpaired) electrons. The van der Waals surface area contributed by atoms with Crippen LogP contribution in [0.1, 0.15) is 6.92 Å². The zero-order valence-corrected chi connectivity index (χ0v) is 7.77. The average molecular weight is 202 g/mol. The van der Waals surface area contributed by atoms with Gasteiger partial charge in [-0.15, -0.1) is 5.06 Å². The second-order valence-corrected chi connectivity index (χ2v) is 2.65. The Bertz CT molecular complexity index is 277. The Kier molecular flexibility index (Phi) is 3.03. The number of nitrogens with one attached hydrogen (secondary N) is 1. The van der Waals surface area contributed by atoms with Crippen molar-refractivity contribution in [1.29, 1.82) is 0 Å². The molecule has 1 unspecified atom stereocenters. The molecule has 0 aromatic heterocycles. The third kappa shape index (κ3) is 1.99. The maximum absolute atomic E-state index is 11.3. The van der Waals surface area contributed by atoms with Gasteiger partial charge in [0.2, 0.25) is 5.91 Å². The summed E-state index contributed by atoms with van der Waals surface area (Å²) < 4.78 is 4.29. The Balaban J connectivity index is 2.60. The third-order valence-electron chi connectivity index (χ3n) is 1.59. The van der Waals surface area contributed by atoms with Gasteiger partial charge in [0.25, 0.3) is 5.91 Å². The molecule has 3 amide bonds. The summed E-state index contributed by atoms with van der Waals surface area (Å²) in [6.07, 6.45) is -0.900. The molecule has 1 heterocycles. The number of methoxy groups -OCH3 is 1. The van der Waals surface area contributed by atoms with E-state index in [4.69, 9.17) is 4.84 Å². The summed E-state index contributed by atoms with van der Waals surface area (Å²) in [6.45, 7) is 1.21. The van der Waals surface area contributed by atoms with Gasteiger partial charge in [0.05, 0.1) is 7.11 Å². The number of amides is 3. The van der Waals surface area contributed by atoms with E-state index in [0.29, 0.717) is 5.06 Å². The van der Waals surface area contributed by atoms with Crippen LogP contribution in [-0.4, -0.2) is 42.7 Å². The molecular weight excluding hydrogens is 192 g/mol. The predicted molar refractivity (Wildman–Crippen MR) is 42.8 cm³/mol. The van der Waals surface area contributed by atoms with Gasteiger partial charge in [0, 0.05) is 6.92 Å². The van der Waals surface area contributed by atoms with Crippen LogP contribution in [0.25, 0.3) is 0 Å². The van der Waals surface area contributed by atoms with Crippen LogP contribution >= 0.6 is 0 Å². The Morgan fingerprint density at radius 2 is 2.29 bits per heavy atom. The topological polar surface area (TPSA) is 84.9 Å². The van der Waals surface area contributed by atoms with E-state index in [1.54, 1.807) is 0 Å². The third-order valence-corrected chi connectivity index (χ3v) is 1.59. The molecule has 0 saturated carbocycles. The molecule has 7 nitrogen and oxygen atoms in total. The van der Waals surface area contributed by atoms with Crippen molar-refractivity contribution in [3.05, 3.63) is 0 Å². The molecule has 1 atom stereocenters. The highest BCUT2D eigenvalue weighted by Crippen LogP contribution is 2.08. The van der Waals surface area contributed by atoms with Crippen LogP contribution in [0.2, 0.25) is 0 Å². The van der Waals surface area contributed by atoms with Crippen LogP contribution in [-0.2, 0) is 19.2 Å². The maximum Gasteiger partial charge on any atom is 0.441 e. The fourth-order valence-electron chi connectivity index (χ4n) is 1.000. The van der Waals surface area contributed by atoms with Gasteiger partial charge >= 0.3 is 6.09 Å². The van der Waals surface area contributed by atoms with E-state index in [2.05, 4.69) is 10.1 Å². The molecule has 0 spiro atoms. The van der Waals surface area contributed by atoms with Crippen LogP contribution in [0, 0.1) is 0 Å². The first-order chi connectivity index (χ1) is 6.56. The fourth-order valence-corrected chi connectivity index (χ4v) is 1.000. The molecule has 0 aliphatic carbocycles. The predicted octanol–water partition coefficient (Wildman–Crippen LogP) is -0.969. The second kappa shape index (κ2) is 4.05. The zero-order valence-electron chi connectivity index (χ0n) is 7.77. The van der Waals surface area contributed by atoms with Gasteiger partial charge < -0.3 is 10.1 Å². The number of ether oxygens (including phenoxy) is 1. The molecule has 1 aliphatic heterocycles. The summed E-state index contributed by atoms with van der Waals surface area (Å²) in [5, 5.41) is 2.82. The van der Waals surface area contributed by atoms with Crippen LogP contribution in [0.15, 0.2) is 0 Å². The minimum atomic E-state index is -0.900. The quantitative estimate of drug-likeness (QED) is 0.591. The van der Waals surface area contributed by atoms with E-state index in [1.807, 2.05) is 0 Å². The van der Waals surface area contributed by atoms with E-state index in [9.17, 15) is 14.4 Å². The van der Waals surface area contributed by atoms with Crippen LogP contribution in [0.3, 0.4) is 0 Å². The molecule has 78 valence electrons. The Morgan fingerprint density at radius 1 is 1.64 bits per heavy atom. The monoisotopic (exact) mass is 202 g/mol. The molecule has 0 aromatic rings. The largest absolute Gasteiger partial charge is 0.451 e. The van der Waals surface area contributed by atoms with Gasteiger partial charge in [-0.3, -0.25) is 14.4 Å². The van der Waals surface area contributed by atoms with E-state index in [0.717, 1.165) is 7.11 Å². The van der Waals surface area contributed by atoms with Crippen molar-refractivity contribution in [2.45, 2.75) is 13.0 Å². The number of carbonyl (C=O) groups is 3. The molecule has 0 aromatic carbocycles. The first kappa shape index (κ1) is 10.5. The molecule has 1 aliphatic rings. The summed E-state index contributed by atoms with van der Waals surface area (Å²) in [5.41, 5.74) is 0. The van der Waals surface area contributed by atoms with E-state index in [1.165, 1.54) is 6.92 Å². The highest BCUT2D eigenvalue weighted by molar-refractivity contribution is 5.96. The number of hydroxylamine groups is 2. The summed E-state index contributed by atoms with van der Waals surface area (Å²) in [4.78, 5) is 37.6. The first-order valence-corrected chi connectivity index (χ1v) is 3.88. The molecule has 0 bridgehead atoms. The van der Waals surface area contributed by atoms with Gasteiger partial charge in [-0.2, -0.15) is 0 Å². The van der Waals surface area contributed by atoms with Gasteiger partial charge in [0.15, 0.2) is 0 Å². The van der Waals surface area contributed by atoms with E-state index >= 15 is 0 Å². The van der Waals surface area contributed by atoms with Crippen molar-refractivity contribution in [3.63, 3.8) is 0 Å². The molecule has 7 heteroatoms. The Morgan fingerprint density at radius 3 is 2.79 bits per heavy atom.